The molecular weight excluding hydrogens is 406 g/mol. The van der Waals surface area contributed by atoms with E-state index in [9.17, 15) is 24.6 Å². The van der Waals surface area contributed by atoms with Gasteiger partial charge in [-0.25, -0.2) is 4.79 Å². The first-order valence-electron chi connectivity index (χ1n) is 11.7. The molecule has 0 bridgehead atoms. The lowest BCUT2D eigenvalue weighted by atomic mass is 9.46. The Labute approximate surface area is 190 Å². The monoisotopic (exact) mass is 443 g/mol. The van der Waals surface area contributed by atoms with E-state index in [1.54, 1.807) is 13.8 Å². The van der Waals surface area contributed by atoms with Gasteiger partial charge >= 0.3 is 5.97 Å². The van der Waals surface area contributed by atoms with Gasteiger partial charge in [-0.15, -0.1) is 0 Å². The summed E-state index contributed by atoms with van der Waals surface area (Å²) in [6, 6.07) is -0.982. The largest absolute Gasteiger partial charge is 0.505 e. The van der Waals surface area contributed by atoms with Crippen molar-refractivity contribution in [2.24, 2.45) is 28.6 Å². The average molecular weight is 444 g/mol. The molecule has 1 fully saturated rings. The van der Waals surface area contributed by atoms with Crippen LogP contribution in [0, 0.1) is 28.6 Å². The number of nitrogens with one attached hydrogen (secondary N) is 1. The number of hydrogen-bond donors (Lipinski definition) is 3. The van der Waals surface area contributed by atoms with E-state index in [0.29, 0.717) is 18.3 Å². The molecule has 176 valence electrons. The Kier molecular flexibility index (Phi) is 6.47. The predicted octanol–water partition coefficient (Wildman–Crippen LogP) is 4.72. The molecule has 0 aliphatic heterocycles. The second kappa shape index (κ2) is 8.53. The maximum atomic E-state index is 12.9. The SMILES string of the molecule is CC1=CCC[C@H]2[C@](C)(CC3=C(O)C(N[C@@H](C(=O)O)C(C)C)=CC(=O)C3=O)[C@@H](C)CC[C@]12C. The summed E-state index contributed by atoms with van der Waals surface area (Å²) in [5.41, 5.74) is 1.30. The first-order chi connectivity index (χ1) is 14.8. The molecule has 3 rings (SSSR count). The average Bonchev–Trinajstić information content (AvgIpc) is 2.71. The molecule has 0 saturated heterocycles. The summed E-state index contributed by atoms with van der Waals surface area (Å²) in [6.07, 6.45) is 7.77. The number of aliphatic carboxylic acids is 1. The highest BCUT2D eigenvalue weighted by molar-refractivity contribution is 6.48. The van der Waals surface area contributed by atoms with Crippen molar-refractivity contribution in [2.75, 3.05) is 0 Å². The van der Waals surface area contributed by atoms with E-state index in [1.807, 2.05) is 0 Å². The fourth-order valence-corrected chi connectivity index (χ4v) is 6.23. The van der Waals surface area contributed by atoms with Gasteiger partial charge in [-0.05, 0) is 67.6 Å². The van der Waals surface area contributed by atoms with E-state index in [-0.39, 0.29) is 33.8 Å². The number of ketones is 2. The lowest BCUT2D eigenvalue weighted by Crippen LogP contribution is -2.50. The molecule has 6 heteroatoms. The third kappa shape index (κ3) is 3.93. The third-order valence-corrected chi connectivity index (χ3v) is 8.71. The number of hydrogen-bond acceptors (Lipinski definition) is 5. The van der Waals surface area contributed by atoms with Gasteiger partial charge in [0.25, 0.3) is 0 Å². The molecule has 0 unspecified atom stereocenters. The molecule has 5 atom stereocenters. The zero-order chi connectivity index (χ0) is 24.0. The molecule has 0 aromatic heterocycles. The van der Waals surface area contributed by atoms with Crippen LogP contribution >= 0.6 is 0 Å². The minimum absolute atomic E-state index is 0.0280. The number of fused-ring (bicyclic) bond motifs is 1. The van der Waals surface area contributed by atoms with Gasteiger partial charge in [-0.2, -0.15) is 0 Å². The topological polar surface area (TPSA) is 104 Å². The van der Waals surface area contributed by atoms with Crippen LogP contribution in [0.3, 0.4) is 0 Å². The van der Waals surface area contributed by atoms with Crippen molar-refractivity contribution in [3.8, 4) is 0 Å². The van der Waals surface area contributed by atoms with E-state index >= 15 is 0 Å². The molecule has 0 spiro atoms. The maximum Gasteiger partial charge on any atom is 0.326 e. The van der Waals surface area contributed by atoms with Crippen LogP contribution in [0.15, 0.2) is 34.8 Å². The normalized spacial score (nSPS) is 34.1. The second-order valence-corrected chi connectivity index (χ2v) is 10.8. The quantitative estimate of drug-likeness (QED) is 0.312. The molecular formula is C26H37NO5. The number of carbonyl (C=O) groups excluding carboxylic acids is 2. The van der Waals surface area contributed by atoms with Crippen LogP contribution in [0.25, 0.3) is 0 Å². The zero-order valence-corrected chi connectivity index (χ0v) is 20.1. The van der Waals surface area contributed by atoms with Crippen LogP contribution in [0.2, 0.25) is 0 Å². The van der Waals surface area contributed by atoms with Crippen molar-refractivity contribution < 1.29 is 24.6 Å². The van der Waals surface area contributed by atoms with Crippen LogP contribution in [0.1, 0.15) is 73.6 Å². The third-order valence-electron chi connectivity index (χ3n) is 8.71. The van der Waals surface area contributed by atoms with Crippen molar-refractivity contribution in [2.45, 2.75) is 79.7 Å². The van der Waals surface area contributed by atoms with Crippen LogP contribution in [0.5, 0.6) is 0 Å². The van der Waals surface area contributed by atoms with Crippen LogP contribution in [0.4, 0.5) is 0 Å². The Hall–Kier alpha value is -2.37. The van der Waals surface area contributed by atoms with Crippen molar-refractivity contribution in [1.82, 2.24) is 5.32 Å². The number of rotatable bonds is 6. The van der Waals surface area contributed by atoms with E-state index in [0.717, 1.165) is 31.8 Å². The van der Waals surface area contributed by atoms with Crippen molar-refractivity contribution in [3.05, 3.63) is 34.8 Å². The fraction of sp³-hybridized carbons (Fsp3) is 0.654. The van der Waals surface area contributed by atoms with Gasteiger partial charge in [0.2, 0.25) is 11.6 Å². The van der Waals surface area contributed by atoms with Gasteiger partial charge in [0.15, 0.2) is 0 Å². The lowest BCUT2D eigenvalue weighted by molar-refractivity contribution is -0.140. The number of aliphatic hydroxyl groups excluding tert-OH is 1. The van der Waals surface area contributed by atoms with E-state index in [2.05, 4.69) is 39.1 Å². The summed E-state index contributed by atoms with van der Waals surface area (Å²) in [7, 11) is 0. The summed E-state index contributed by atoms with van der Waals surface area (Å²) in [4.78, 5) is 37.1. The number of Topliss-reactive ketones (excluding diaryl/α,β-unsaturated/α-hetero) is 1. The van der Waals surface area contributed by atoms with E-state index < -0.39 is 23.6 Å². The molecule has 3 N–H and O–H groups in total. The Balaban J connectivity index is 2.00. The minimum Gasteiger partial charge on any atom is -0.505 e. The summed E-state index contributed by atoms with van der Waals surface area (Å²) in [5, 5.41) is 23.4. The Morgan fingerprint density at radius 3 is 2.50 bits per heavy atom. The standard InChI is InChI=1S/C26H37NO5/c1-14(2)21(24(31)32)27-18-12-19(28)23(30)17(22(18)29)13-26(6)16(4)10-11-25(5)15(3)8-7-9-20(25)26/h8,12,14,16,20-21,27,29H,7,9-11,13H2,1-6H3,(H,31,32)/t16-,20+,21+,25+,26+/m0/s1. The first-order valence-corrected chi connectivity index (χ1v) is 11.7. The summed E-state index contributed by atoms with van der Waals surface area (Å²) in [5.74, 6) is -2.39. The highest BCUT2D eigenvalue weighted by Crippen LogP contribution is 2.62. The second-order valence-electron chi connectivity index (χ2n) is 10.8. The smallest absolute Gasteiger partial charge is 0.326 e. The molecule has 0 aromatic carbocycles. The number of carbonyl (C=O) groups is 3. The zero-order valence-electron chi connectivity index (χ0n) is 20.1. The molecule has 32 heavy (non-hydrogen) atoms. The highest BCUT2D eigenvalue weighted by Gasteiger charge is 2.54. The van der Waals surface area contributed by atoms with Gasteiger partial charge in [0, 0.05) is 11.6 Å². The number of allylic oxidation sites excluding steroid dienone is 4. The molecule has 6 nitrogen and oxygen atoms in total. The van der Waals surface area contributed by atoms with Crippen LogP contribution in [-0.2, 0) is 14.4 Å². The van der Waals surface area contributed by atoms with Crippen molar-refractivity contribution in [3.63, 3.8) is 0 Å². The summed E-state index contributed by atoms with van der Waals surface area (Å²) < 4.78 is 0. The molecule has 3 aliphatic rings. The highest BCUT2D eigenvalue weighted by atomic mass is 16.4. The molecule has 3 aliphatic carbocycles. The lowest BCUT2D eigenvalue weighted by Gasteiger charge is -2.58. The molecule has 1 saturated carbocycles. The van der Waals surface area contributed by atoms with Crippen LogP contribution in [-0.4, -0.2) is 33.8 Å². The van der Waals surface area contributed by atoms with Crippen molar-refractivity contribution >= 4 is 17.5 Å². The number of carboxylic acids is 1. The Morgan fingerprint density at radius 1 is 1.25 bits per heavy atom. The number of aliphatic hydroxyl groups is 1. The van der Waals surface area contributed by atoms with Crippen LogP contribution < -0.4 is 5.32 Å². The fourth-order valence-electron chi connectivity index (χ4n) is 6.23. The maximum absolute atomic E-state index is 12.9. The minimum atomic E-state index is -1.08. The van der Waals surface area contributed by atoms with E-state index in [4.69, 9.17) is 0 Å². The predicted molar refractivity (Wildman–Crippen MR) is 123 cm³/mol. The van der Waals surface area contributed by atoms with Gasteiger partial charge < -0.3 is 15.5 Å². The van der Waals surface area contributed by atoms with E-state index in [1.165, 1.54) is 5.57 Å². The Bertz CT molecular complexity index is 927. The Morgan fingerprint density at radius 2 is 1.91 bits per heavy atom. The summed E-state index contributed by atoms with van der Waals surface area (Å²) >= 11 is 0. The van der Waals surface area contributed by atoms with Crippen molar-refractivity contribution in [1.29, 1.82) is 0 Å². The first kappa shape index (κ1) is 24.3. The van der Waals surface area contributed by atoms with Gasteiger partial charge in [0.05, 0.1) is 5.70 Å². The van der Waals surface area contributed by atoms with Gasteiger partial charge in [-0.3, -0.25) is 9.59 Å². The van der Waals surface area contributed by atoms with Gasteiger partial charge in [-0.1, -0.05) is 46.3 Å². The van der Waals surface area contributed by atoms with Gasteiger partial charge in [0.1, 0.15) is 11.8 Å². The number of carboxylic acid groups (broad SMARTS) is 1. The molecule has 0 radical (unpaired) electrons. The molecule has 0 heterocycles. The summed E-state index contributed by atoms with van der Waals surface area (Å²) in [6.45, 7) is 12.4. The molecule has 0 amide bonds. The molecule has 0 aromatic rings.